The molecule has 1 N–H and O–H groups in total. The molecule has 1 heterocycles. The average molecular weight is 448 g/mol. The van der Waals surface area contributed by atoms with Gasteiger partial charge in [0.2, 0.25) is 0 Å². The molecular formula is C25H24N2O6. The number of hydrogen-bond acceptors (Lipinski definition) is 6. The molecule has 0 aromatic heterocycles. The lowest BCUT2D eigenvalue weighted by Crippen LogP contribution is -2.53. The number of amides is 4. The van der Waals surface area contributed by atoms with Crippen molar-refractivity contribution < 1.29 is 28.6 Å². The number of carbonyl (C=O) groups is 3. The number of nitrogens with zero attached hydrogens (tertiary/aromatic N) is 1. The van der Waals surface area contributed by atoms with Crippen LogP contribution in [0, 0.1) is 12.3 Å². The van der Waals surface area contributed by atoms with Crippen LogP contribution in [0.5, 0.6) is 17.2 Å². The van der Waals surface area contributed by atoms with E-state index in [0.717, 1.165) is 11.3 Å². The molecule has 0 atom stereocenters. The molecule has 33 heavy (non-hydrogen) atoms. The molecule has 2 aromatic carbocycles. The summed E-state index contributed by atoms with van der Waals surface area (Å²) in [4.78, 5) is 38.9. The molecule has 0 unspecified atom stereocenters. The fraction of sp³-hybridized carbons (Fsp3) is 0.240. The minimum absolute atomic E-state index is 0.0325. The van der Waals surface area contributed by atoms with Crippen LogP contribution in [-0.2, 0) is 16.1 Å². The number of terminal acetylenes is 1. The third kappa shape index (κ3) is 5.52. The Bertz CT molecular complexity index is 1130. The summed E-state index contributed by atoms with van der Waals surface area (Å²) < 4.78 is 16.5. The second-order valence-corrected chi connectivity index (χ2v) is 7.07. The Kier molecular flexibility index (Phi) is 7.71. The second kappa shape index (κ2) is 10.9. The molecule has 1 saturated heterocycles. The predicted octanol–water partition coefficient (Wildman–Crippen LogP) is 3.16. The summed E-state index contributed by atoms with van der Waals surface area (Å²) in [6, 6.07) is 11.2. The number of rotatable bonds is 9. The van der Waals surface area contributed by atoms with Gasteiger partial charge in [-0.1, -0.05) is 37.1 Å². The molecule has 1 aliphatic heterocycles. The van der Waals surface area contributed by atoms with Gasteiger partial charge in [0.25, 0.3) is 11.8 Å². The van der Waals surface area contributed by atoms with Gasteiger partial charge in [0, 0.05) is 5.56 Å². The van der Waals surface area contributed by atoms with E-state index in [2.05, 4.69) is 11.2 Å². The minimum atomic E-state index is -0.802. The Hall–Kier alpha value is -4.25. The fourth-order valence-corrected chi connectivity index (χ4v) is 3.17. The summed E-state index contributed by atoms with van der Waals surface area (Å²) in [5, 5.41) is 2.21. The summed E-state index contributed by atoms with van der Waals surface area (Å²) in [5.41, 5.74) is 0.923. The van der Waals surface area contributed by atoms with Crippen molar-refractivity contribution in [3.8, 4) is 29.6 Å². The molecule has 0 spiro atoms. The van der Waals surface area contributed by atoms with E-state index >= 15 is 0 Å². The molecule has 0 saturated carbocycles. The molecule has 0 aliphatic carbocycles. The zero-order chi connectivity index (χ0) is 23.8. The van der Waals surface area contributed by atoms with Crippen molar-refractivity contribution in [3.05, 3.63) is 59.2 Å². The van der Waals surface area contributed by atoms with E-state index in [0.29, 0.717) is 35.0 Å². The highest BCUT2D eigenvalue weighted by molar-refractivity contribution is 6.31. The Morgan fingerprint density at radius 3 is 2.58 bits per heavy atom. The summed E-state index contributed by atoms with van der Waals surface area (Å²) in [6.07, 6.45) is 7.47. The van der Waals surface area contributed by atoms with Gasteiger partial charge in [-0.3, -0.25) is 19.8 Å². The summed E-state index contributed by atoms with van der Waals surface area (Å²) >= 11 is 0. The first-order valence-electron chi connectivity index (χ1n) is 10.3. The van der Waals surface area contributed by atoms with Crippen LogP contribution >= 0.6 is 0 Å². The molecular weight excluding hydrogens is 424 g/mol. The van der Waals surface area contributed by atoms with Crippen LogP contribution in [0.1, 0.15) is 24.5 Å². The molecule has 8 nitrogen and oxygen atoms in total. The highest BCUT2D eigenvalue weighted by atomic mass is 16.5. The van der Waals surface area contributed by atoms with E-state index in [1.54, 1.807) is 42.5 Å². The van der Waals surface area contributed by atoms with Crippen molar-refractivity contribution in [1.82, 2.24) is 10.2 Å². The molecule has 0 radical (unpaired) electrons. The summed E-state index contributed by atoms with van der Waals surface area (Å²) in [7, 11) is 1.51. The van der Waals surface area contributed by atoms with Crippen molar-refractivity contribution in [1.29, 1.82) is 0 Å². The Labute approximate surface area is 192 Å². The Balaban J connectivity index is 1.87. The highest BCUT2D eigenvalue weighted by Crippen LogP contribution is 2.29. The van der Waals surface area contributed by atoms with Crippen molar-refractivity contribution in [2.75, 3.05) is 20.3 Å². The number of barbiturate groups is 1. The number of methoxy groups -OCH3 is 1. The predicted molar refractivity (Wildman–Crippen MR) is 122 cm³/mol. The molecule has 0 bridgehead atoms. The maximum absolute atomic E-state index is 13.1. The van der Waals surface area contributed by atoms with Crippen LogP contribution in [0.15, 0.2) is 48.0 Å². The smallest absolute Gasteiger partial charge is 0.331 e. The zero-order valence-electron chi connectivity index (χ0n) is 18.4. The number of urea groups is 1. The number of ether oxygens (including phenoxy) is 3. The maximum atomic E-state index is 13.1. The fourth-order valence-electron chi connectivity index (χ4n) is 3.17. The molecule has 4 amide bonds. The Morgan fingerprint density at radius 1 is 1.06 bits per heavy atom. The van der Waals surface area contributed by atoms with Crippen LogP contribution in [0.4, 0.5) is 4.79 Å². The first-order valence-corrected chi connectivity index (χ1v) is 10.3. The summed E-state index contributed by atoms with van der Waals surface area (Å²) in [5.74, 6) is 2.33. The first kappa shape index (κ1) is 23.4. The van der Waals surface area contributed by atoms with Crippen molar-refractivity contribution in [2.24, 2.45) is 0 Å². The molecule has 1 aliphatic rings. The van der Waals surface area contributed by atoms with Gasteiger partial charge in [0.1, 0.15) is 17.9 Å². The number of para-hydroxylation sites is 1. The molecule has 170 valence electrons. The lowest BCUT2D eigenvalue weighted by atomic mass is 10.1. The number of benzene rings is 2. The van der Waals surface area contributed by atoms with E-state index in [4.69, 9.17) is 20.6 Å². The third-order valence-electron chi connectivity index (χ3n) is 4.75. The van der Waals surface area contributed by atoms with Crippen LogP contribution in [-0.4, -0.2) is 43.1 Å². The van der Waals surface area contributed by atoms with Crippen LogP contribution in [0.25, 0.3) is 6.08 Å². The van der Waals surface area contributed by atoms with Gasteiger partial charge in [0.05, 0.1) is 20.3 Å². The third-order valence-corrected chi connectivity index (χ3v) is 4.75. The number of nitrogens with one attached hydrogen (secondary N) is 1. The van der Waals surface area contributed by atoms with Crippen molar-refractivity contribution in [2.45, 2.75) is 19.9 Å². The lowest BCUT2D eigenvalue weighted by Gasteiger charge is -2.26. The number of hydrogen-bond donors (Lipinski definition) is 1. The first-order chi connectivity index (χ1) is 16.0. The number of imide groups is 2. The second-order valence-electron chi connectivity index (χ2n) is 7.07. The molecule has 3 rings (SSSR count). The summed E-state index contributed by atoms with van der Waals surface area (Å²) in [6.45, 7) is 2.50. The normalized spacial score (nSPS) is 14.6. The largest absolute Gasteiger partial charge is 0.493 e. The van der Waals surface area contributed by atoms with Gasteiger partial charge in [-0.2, -0.15) is 0 Å². The van der Waals surface area contributed by atoms with Crippen LogP contribution < -0.4 is 19.5 Å². The topological polar surface area (TPSA) is 94.2 Å². The Morgan fingerprint density at radius 2 is 1.85 bits per heavy atom. The minimum Gasteiger partial charge on any atom is -0.493 e. The molecule has 8 heteroatoms. The molecule has 1 fully saturated rings. The van der Waals surface area contributed by atoms with E-state index in [1.807, 2.05) is 6.92 Å². The molecule has 2 aromatic rings. The van der Waals surface area contributed by atoms with Gasteiger partial charge < -0.3 is 14.2 Å². The SMILES string of the molecule is C#CCOc1ccccc1/C=C1\C(=O)NC(=O)N(Cc2ccc(OCCC)c(OC)c2)C1=O. The van der Waals surface area contributed by atoms with Gasteiger partial charge in [-0.05, 0) is 36.3 Å². The highest BCUT2D eigenvalue weighted by Gasteiger charge is 2.36. The van der Waals surface area contributed by atoms with Gasteiger partial charge >= 0.3 is 6.03 Å². The van der Waals surface area contributed by atoms with Gasteiger partial charge in [-0.25, -0.2) is 4.79 Å². The van der Waals surface area contributed by atoms with E-state index in [1.165, 1.54) is 13.2 Å². The van der Waals surface area contributed by atoms with Crippen molar-refractivity contribution >= 4 is 23.9 Å². The van der Waals surface area contributed by atoms with Crippen LogP contribution in [0.2, 0.25) is 0 Å². The quantitative estimate of drug-likeness (QED) is 0.360. The van der Waals surface area contributed by atoms with Gasteiger partial charge in [-0.15, -0.1) is 6.42 Å². The van der Waals surface area contributed by atoms with Crippen LogP contribution in [0.3, 0.4) is 0 Å². The van der Waals surface area contributed by atoms with E-state index in [9.17, 15) is 14.4 Å². The monoisotopic (exact) mass is 448 g/mol. The lowest BCUT2D eigenvalue weighted by molar-refractivity contribution is -0.130. The average Bonchev–Trinajstić information content (AvgIpc) is 2.82. The van der Waals surface area contributed by atoms with E-state index < -0.39 is 17.8 Å². The zero-order valence-corrected chi connectivity index (χ0v) is 18.4. The number of carbonyl (C=O) groups excluding carboxylic acids is 3. The standard InChI is InChI=1S/C25H24N2O6/c1-4-12-32-20-9-7-6-8-18(20)15-19-23(28)26-25(30)27(24(19)29)16-17-10-11-21(33-13-5-2)22(14-17)31-3/h1,6-11,14-15H,5,12-13,16H2,2-3H3,(H,26,28,30)/b19-15+. The maximum Gasteiger partial charge on any atom is 0.331 e. The van der Waals surface area contributed by atoms with E-state index in [-0.39, 0.29) is 18.7 Å². The van der Waals surface area contributed by atoms with Gasteiger partial charge in [0.15, 0.2) is 11.5 Å². The van der Waals surface area contributed by atoms with Crippen molar-refractivity contribution in [3.63, 3.8) is 0 Å².